The highest BCUT2D eigenvalue weighted by atomic mass is 19.1. The number of nitrogens with one attached hydrogen (secondary N) is 1. The summed E-state index contributed by atoms with van der Waals surface area (Å²) in [6, 6.07) is -0.495. The van der Waals surface area contributed by atoms with E-state index < -0.39 is 29.5 Å². The van der Waals surface area contributed by atoms with Gasteiger partial charge in [0.1, 0.15) is 11.7 Å². The first-order chi connectivity index (χ1) is 7.72. The predicted molar refractivity (Wildman–Crippen MR) is 59.4 cm³/mol. The Morgan fingerprint density at radius 1 is 1.59 bits per heavy atom. The Kier molecular flexibility index (Phi) is 2.82. The van der Waals surface area contributed by atoms with Gasteiger partial charge in [-0.05, 0) is 20.8 Å². The summed E-state index contributed by atoms with van der Waals surface area (Å²) in [5.74, 6) is 0. The topological polar surface area (TPSA) is 61.8 Å². The molecule has 0 bridgehead atoms. The van der Waals surface area contributed by atoms with Crippen LogP contribution in [0.5, 0.6) is 0 Å². The van der Waals surface area contributed by atoms with Gasteiger partial charge in [-0.1, -0.05) is 0 Å². The summed E-state index contributed by atoms with van der Waals surface area (Å²) in [4.78, 5) is 13.1. The number of halogens is 1. The maximum Gasteiger partial charge on any atom is 0.410 e. The molecule has 1 amide bonds. The summed E-state index contributed by atoms with van der Waals surface area (Å²) in [6.45, 7) is 5.66. The zero-order valence-electron chi connectivity index (χ0n) is 10.4. The average Bonchev–Trinajstić information content (AvgIpc) is 2.62. The van der Waals surface area contributed by atoms with Gasteiger partial charge in [-0.3, -0.25) is 0 Å². The van der Waals surface area contributed by atoms with E-state index in [0.717, 1.165) is 0 Å². The van der Waals surface area contributed by atoms with Gasteiger partial charge < -0.3 is 20.1 Å². The third-order valence-corrected chi connectivity index (χ3v) is 3.18. The SMILES string of the molecule is CC(C)(C)OC(=O)N1CC2NCC(O)C2(F)C1. The predicted octanol–water partition coefficient (Wildman–Crippen LogP) is 0.278. The molecule has 0 radical (unpaired) electrons. The Balaban J connectivity index is 2.01. The summed E-state index contributed by atoms with van der Waals surface area (Å²) in [5, 5.41) is 12.5. The summed E-state index contributed by atoms with van der Waals surface area (Å²) in [6.07, 6.45) is -1.59. The standard InChI is InChI=1S/C11H19FN2O3/c1-10(2,3)17-9(16)14-5-7-11(12,6-14)8(15)4-13-7/h7-8,13,15H,4-6H2,1-3H3. The summed E-state index contributed by atoms with van der Waals surface area (Å²) in [7, 11) is 0. The van der Waals surface area contributed by atoms with E-state index in [2.05, 4.69) is 5.32 Å². The molecule has 0 saturated carbocycles. The molecule has 3 atom stereocenters. The molecule has 0 aromatic heterocycles. The number of amides is 1. The molecule has 6 heteroatoms. The average molecular weight is 246 g/mol. The Labute approximate surface area is 99.9 Å². The van der Waals surface area contributed by atoms with Gasteiger partial charge in [0.05, 0.1) is 12.6 Å². The van der Waals surface area contributed by atoms with Crippen LogP contribution in [0, 0.1) is 0 Å². The molecule has 98 valence electrons. The molecular formula is C11H19FN2O3. The quantitative estimate of drug-likeness (QED) is 0.644. The van der Waals surface area contributed by atoms with Gasteiger partial charge in [0.15, 0.2) is 5.67 Å². The molecule has 0 aromatic rings. The van der Waals surface area contributed by atoms with Gasteiger partial charge >= 0.3 is 6.09 Å². The van der Waals surface area contributed by atoms with Crippen molar-refractivity contribution < 1.29 is 19.0 Å². The van der Waals surface area contributed by atoms with Gasteiger partial charge in [0.25, 0.3) is 0 Å². The highest BCUT2D eigenvalue weighted by Crippen LogP contribution is 2.34. The van der Waals surface area contributed by atoms with E-state index in [1.165, 1.54) is 4.90 Å². The van der Waals surface area contributed by atoms with E-state index >= 15 is 0 Å². The number of aliphatic hydroxyl groups is 1. The smallest absolute Gasteiger partial charge is 0.410 e. The molecule has 2 N–H and O–H groups in total. The van der Waals surface area contributed by atoms with Crippen molar-refractivity contribution in [3.05, 3.63) is 0 Å². The van der Waals surface area contributed by atoms with Gasteiger partial charge in [0, 0.05) is 13.1 Å². The molecule has 3 unspecified atom stereocenters. The number of β-amino-alcohol motifs (C(OH)–C–C–N with tert-alkyl or cyclic N) is 1. The van der Waals surface area contributed by atoms with Gasteiger partial charge in [0.2, 0.25) is 0 Å². The Morgan fingerprint density at radius 2 is 2.24 bits per heavy atom. The molecule has 2 saturated heterocycles. The minimum Gasteiger partial charge on any atom is -0.444 e. The largest absolute Gasteiger partial charge is 0.444 e. The second-order valence-electron chi connectivity index (χ2n) is 5.76. The zero-order valence-corrected chi connectivity index (χ0v) is 10.4. The van der Waals surface area contributed by atoms with E-state index in [9.17, 15) is 14.3 Å². The third-order valence-electron chi connectivity index (χ3n) is 3.18. The van der Waals surface area contributed by atoms with Crippen molar-refractivity contribution in [3.8, 4) is 0 Å². The molecule has 17 heavy (non-hydrogen) atoms. The molecular weight excluding hydrogens is 227 g/mol. The molecule has 0 aliphatic carbocycles. The summed E-state index contributed by atoms with van der Waals surface area (Å²) >= 11 is 0. The monoisotopic (exact) mass is 246 g/mol. The van der Waals surface area contributed by atoms with E-state index in [1.54, 1.807) is 20.8 Å². The molecule has 2 aliphatic heterocycles. The molecule has 2 aliphatic rings. The zero-order chi connectivity index (χ0) is 12.8. The van der Waals surface area contributed by atoms with Crippen LogP contribution < -0.4 is 5.32 Å². The number of likely N-dealkylation sites (tertiary alicyclic amines) is 1. The fourth-order valence-electron chi connectivity index (χ4n) is 2.30. The van der Waals surface area contributed by atoms with Crippen molar-refractivity contribution in [2.24, 2.45) is 0 Å². The van der Waals surface area contributed by atoms with Crippen LogP contribution in [0.15, 0.2) is 0 Å². The lowest BCUT2D eigenvalue weighted by molar-refractivity contribution is 0.00765. The van der Waals surface area contributed by atoms with Crippen molar-refractivity contribution >= 4 is 6.09 Å². The lowest BCUT2D eigenvalue weighted by atomic mass is 9.98. The van der Waals surface area contributed by atoms with E-state index in [1.807, 2.05) is 0 Å². The number of rotatable bonds is 0. The van der Waals surface area contributed by atoms with Crippen molar-refractivity contribution in [2.45, 2.75) is 44.2 Å². The second kappa shape index (κ2) is 3.81. The third kappa shape index (κ3) is 2.24. The first-order valence-electron chi connectivity index (χ1n) is 5.81. The number of aliphatic hydroxyl groups excluding tert-OH is 1. The number of fused-ring (bicyclic) bond motifs is 1. The van der Waals surface area contributed by atoms with Crippen LogP contribution in [-0.4, -0.2) is 59.1 Å². The normalized spacial score (nSPS) is 37.1. The van der Waals surface area contributed by atoms with Crippen molar-refractivity contribution in [1.82, 2.24) is 10.2 Å². The van der Waals surface area contributed by atoms with Crippen LogP contribution in [0.4, 0.5) is 9.18 Å². The van der Waals surface area contributed by atoms with Crippen LogP contribution in [-0.2, 0) is 4.74 Å². The van der Waals surface area contributed by atoms with E-state index in [-0.39, 0.29) is 19.6 Å². The molecule has 2 rings (SSSR count). The highest BCUT2D eigenvalue weighted by molar-refractivity contribution is 5.69. The summed E-state index contributed by atoms with van der Waals surface area (Å²) < 4.78 is 19.6. The van der Waals surface area contributed by atoms with Crippen molar-refractivity contribution in [2.75, 3.05) is 19.6 Å². The second-order valence-corrected chi connectivity index (χ2v) is 5.76. The van der Waals surface area contributed by atoms with Crippen LogP contribution in [0.1, 0.15) is 20.8 Å². The number of carbonyl (C=O) groups is 1. The van der Waals surface area contributed by atoms with Crippen molar-refractivity contribution in [1.29, 1.82) is 0 Å². The molecule has 2 heterocycles. The molecule has 0 aromatic carbocycles. The Hall–Kier alpha value is -0.880. The van der Waals surface area contributed by atoms with Crippen molar-refractivity contribution in [3.63, 3.8) is 0 Å². The number of hydrogen-bond acceptors (Lipinski definition) is 4. The van der Waals surface area contributed by atoms with Crippen LogP contribution in [0.2, 0.25) is 0 Å². The maximum absolute atomic E-state index is 14.4. The lowest BCUT2D eigenvalue weighted by Crippen LogP contribution is -2.44. The highest BCUT2D eigenvalue weighted by Gasteiger charge is 2.57. The van der Waals surface area contributed by atoms with Crippen LogP contribution >= 0.6 is 0 Å². The fraction of sp³-hybridized carbons (Fsp3) is 0.909. The Bertz CT molecular complexity index is 331. The number of alkyl halides is 1. The lowest BCUT2D eigenvalue weighted by Gasteiger charge is -2.26. The Morgan fingerprint density at radius 3 is 2.76 bits per heavy atom. The summed E-state index contributed by atoms with van der Waals surface area (Å²) in [5.41, 5.74) is -2.33. The van der Waals surface area contributed by atoms with E-state index in [4.69, 9.17) is 4.74 Å². The molecule has 0 spiro atoms. The molecule has 2 fully saturated rings. The van der Waals surface area contributed by atoms with E-state index in [0.29, 0.717) is 0 Å². The first-order valence-corrected chi connectivity index (χ1v) is 5.81. The number of nitrogens with zero attached hydrogens (tertiary/aromatic N) is 1. The first kappa shape index (κ1) is 12.6. The fourth-order valence-corrected chi connectivity index (χ4v) is 2.30. The van der Waals surface area contributed by atoms with Gasteiger partial charge in [-0.2, -0.15) is 0 Å². The number of carbonyl (C=O) groups excluding carboxylic acids is 1. The molecule has 5 nitrogen and oxygen atoms in total. The van der Waals surface area contributed by atoms with Crippen LogP contribution in [0.3, 0.4) is 0 Å². The maximum atomic E-state index is 14.4. The van der Waals surface area contributed by atoms with Gasteiger partial charge in [-0.15, -0.1) is 0 Å². The number of hydrogen-bond donors (Lipinski definition) is 2. The minimum atomic E-state index is -1.74. The number of ether oxygens (including phenoxy) is 1. The minimum absolute atomic E-state index is 0.110. The van der Waals surface area contributed by atoms with Crippen LogP contribution in [0.25, 0.3) is 0 Å². The van der Waals surface area contributed by atoms with Gasteiger partial charge in [-0.25, -0.2) is 9.18 Å².